The molecule has 2 aliphatic heterocycles. The number of hydrogen-bond acceptors (Lipinski definition) is 3. The zero-order valence-corrected chi connectivity index (χ0v) is 17.3. The van der Waals surface area contributed by atoms with Crippen molar-refractivity contribution in [3.05, 3.63) is 35.4 Å². The highest BCUT2D eigenvalue weighted by Crippen LogP contribution is 2.42. The van der Waals surface area contributed by atoms with Gasteiger partial charge in [0, 0.05) is 37.3 Å². The number of piperidine rings is 1. The molecule has 2 heterocycles. The molecule has 1 amide bonds. The van der Waals surface area contributed by atoms with Crippen LogP contribution in [-0.2, 0) is 0 Å². The summed E-state index contributed by atoms with van der Waals surface area (Å²) in [7, 11) is 0. The van der Waals surface area contributed by atoms with Crippen LogP contribution < -0.4 is 11.1 Å². The third-order valence-electron chi connectivity index (χ3n) is 6.60. The molecule has 2 bridgehead atoms. The van der Waals surface area contributed by atoms with Crippen LogP contribution in [0, 0.1) is 5.41 Å². The highest BCUT2D eigenvalue weighted by Gasteiger charge is 2.40. The third-order valence-corrected chi connectivity index (χ3v) is 6.60. The summed E-state index contributed by atoms with van der Waals surface area (Å²) in [6.07, 6.45) is 7.58. The van der Waals surface area contributed by atoms with Crippen LogP contribution in [0.1, 0.15) is 81.1 Å². The Morgan fingerprint density at radius 3 is 2.59 bits per heavy atom. The quantitative estimate of drug-likeness (QED) is 0.647. The molecule has 2 aliphatic rings. The van der Waals surface area contributed by atoms with Crippen molar-refractivity contribution in [1.29, 1.82) is 0 Å². The van der Waals surface area contributed by atoms with Crippen molar-refractivity contribution in [3.8, 4) is 0 Å². The fourth-order valence-electron chi connectivity index (χ4n) is 5.26. The Kier molecular flexibility index (Phi) is 6.59. The van der Waals surface area contributed by atoms with E-state index in [1.54, 1.807) is 0 Å². The molecule has 4 heteroatoms. The van der Waals surface area contributed by atoms with Gasteiger partial charge < -0.3 is 11.1 Å². The Hall–Kier alpha value is -1.39. The molecule has 2 fully saturated rings. The van der Waals surface area contributed by atoms with Gasteiger partial charge in [-0.1, -0.05) is 39.3 Å². The number of benzene rings is 1. The first-order valence-electron chi connectivity index (χ1n) is 10.8. The van der Waals surface area contributed by atoms with Crippen molar-refractivity contribution in [2.45, 2.75) is 77.3 Å². The Balaban J connectivity index is 1.52. The van der Waals surface area contributed by atoms with Gasteiger partial charge in [0.2, 0.25) is 5.91 Å². The molecule has 1 aromatic rings. The summed E-state index contributed by atoms with van der Waals surface area (Å²) in [6.45, 7) is 10.3. The molecule has 2 saturated heterocycles. The van der Waals surface area contributed by atoms with E-state index >= 15 is 0 Å². The molecule has 27 heavy (non-hydrogen) atoms. The lowest BCUT2D eigenvalue weighted by Gasteiger charge is -2.39. The predicted octanol–water partition coefficient (Wildman–Crippen LogP) is 3.91. The van der Waals surface area contributed by atoms with E-state index in [-0.39, 0.29) is 5.91 Å². The number of rotatable bonds is 9. The lowest BCUT2D eigenvalue weighted by Crippen LogP contribution is -2.46. The molecular formula is C23H37N3O. The van der Waals surface area contributed by atoms with Crippen LogP contribution in [0.5, 0.6) is 0 Å². The van der Waals surface area contributed by atoms with Crippen LogP contribution in [0.4, 0.5) is 0 Å². The van der Waals surface area contributed by atoms with E-state index in [0.29, 0.717) is 29.0 Å². The maximum Gasteiger partial charge on any atom is 0.248 e. The zero-order chi connectivity index (χ0) is 19.4. The highest BCUT2D eigenvalue weighted by atomic mass is 16.1. The molecule has 0 radical (unpaired) electrons. The van der Waals surface area contributed by atoms with Gasteiger partial charge in [-0.15, -0.1) is 0 Å². The molecule has 3 atom stereocenters. The molecule has 3 N–H and O–H groups in total. The van der Waals surface area contributed by atoms with Gasteiger partial charge in [-0.2, -0.15) is 0 Å². The Morgan fingerprint density at radius 2 is 1.96 bits per heavy atom. The van der Waals surface area contributed by atoms with Crippen LogP contribution in [0.15, 0.2) is 24.3 Å². The molecule has 0 spiro atoms. The summed E-state index contributed by atoms with van der Waals surface area (Å²) >= 11 is 0. The number of hydrogen-bond donors (Lipinski definition) is 2. The maximum atomic E-state index is 11.5. The van der Waals surface area contributed by atoms with Gasteiger partial charge in [0.1, 0.15) is 0 Å². The number of amides is 1. The van der Waals surface area contributed by atoms with E-state index in [1.165, 1.54) is 44.1 Å². The topological polar surface area (TPSA) is 58.4 Å². The minimum atomic E-state index is -0.325. The summed E-state index contributed by atoms with van der Waals surface area (Å²) in [5, 5.41) is 3.70. The van der Waals surface area contributed by atoms with Gasteiger partial charge in [0.05, 0.1) is 0 Å². The third kappa shape index (κ3) is 5.11. The minimum Gasteiger partial charge on any atom is -0.366 e. The zero-order valence-electron chi connectivity index (χ0n) is 17.3. The summed E-state index contributed by atoms with van der Waals surface area (Å²) < 4.78 is 0. The number of fused-ring (bicyclic) bond motifs is 2. The largest absolute Gasteiger partial charge is 0.366 e. The minimum absolute atomic E-state index is 0.325. The van der Waals surface area contributed by atoms with Crippen LogP contribution >= 0.6 is 0 Å². The van der Waals surface area contributed by atoms with E-state index in [4.69, 9.17) is 5.73 Å². The lowest BCUT2D eigenvalue weighted by molar-refractivity contribution is 0.1000. The molecule has 3 rings (SSSR count). The van der Waals surface area contributed by atoms with Crippen LogP contribution in [0.25, 0.3) is 0 Å². The number of carbonyl (C=O) groups excluding carboxylic acids is 1. The Morgan fingerprint density at radius 1 is 1.26 bits per heavy atom. The van der Waals surface area contributed by atoms with Crippen molar-refractivity contribution < 1.29 is 4.79 Å². The normalized spacial score (nSPS) is 25.7. The first-order valence-corrected chi connectivity index (χ1v) is 10.8. The van der Waals surface area contributed by atoms with Crippen molar-refractivity contribution >= 4 is 5.91 Å². The van der Waals surface area contributed by atoms with Gasteiger partial charge in [0.25, 0.3) is 0 Å². The van der Waals surface area contributed by atoms with Gasteiger partial charge in [-0.05, 0) is 61.1 Å². The molecule has 4 nitrogen and oxygen atoms in total. The molecule has 0 saturated carbocycles. The first-order chi connectivity index (χ1) is 12.9. The van der Waals surface area contributed by atoms with E-state index in [1.807, 2.05) is 18.2 Å². The Bertz CT molecular complexity index is 628. The predicted molar refractivity (Wildman–Crippen MR) is 112 cm³/mol. The maximum absolute atomic E-state index is 11.5. The van der Waals surface area contributed by atoms with Crippen molar-refractivity contribution in [1.82, 2.24) is 10.2 Å². The standard InChI is InChI=1S/C23H37N3O/c1-4-10-23(2,3)16-25-11-12-26-20-8-9-21(26)15-19(14-20)17-6-5-7-18(13-17)22(24)27/h5-7,13,19-21,25H,4,8-12,14-16H2,1-3H3,(H2,24,27)/t19-,20+,21-. The average Bonchev–Trinajstić information content (AvgIpc) is 2.86. The molecule has 0 aromatic heterocycles. The number of nitrogens with one attached hydrogen (secondary N) is 1. The summed E-state index contributed by atoms with van der Waals surface area (Å²) in [6, 6.07) is 9.36. The average molecular weight is 372 g/mol. The number of primary amides is 1. The van der Waals surface area contributed by atoms with Gasteiger partial charge in [-0.3, -0.25) is 9.69 Å². The first kappa shape index (κ1) is 20.3. The van der Waals surface area contributed by atoms with E-state index in [0.717, 1.165) is 19.6 Å². The molecular weight excluding hydrogens is 334 g/mol. The second-order valence-electron chi connectivity index (χ2n) is 9.37. The fourth-order valence-corrected chi connectivity index (χ4v) is 5.26. The molecule has 0 unspecified atom stereocenters. The smallest absolute Gasteiger partial charge is 0.248 e. The number of nitrogens with zero attached hydrogens (tertiary/aromatic N) is 1. The highest BCUT2D eigenvalue weighted by molar-refractivity contribution is 5.92. The van der Waals surface area contributed by atoms with Gasteiger partial charge in [0.15, 0.2) is 0 Å². The lowest BCUT2D eigenvalue weighted by atomic mass is 9.84. The summed E-state index contributed by atoms with van der Waals surface area (Å²) in [5.41, 5.74) is 7.79. The summed E-state index contributed by atoms with van der Waals surface area (Å²) in [5.74, 6) is 0.240. The molecule has 1 aromatic carbocycles. The van der Waals surface area contributed by atoms with Crippen LogP contribution in [-0.4, -0.2) is 42.5 Å². The number of carbonyl (C=O) groups is 1. The van der Waals surface area contributed by atoms with Gasteiger partial charge >= 0.3 is 0 Å². The SMILES string of the molecule is CCCC(C)(C)CNCCN1[C@@H]2CC[C@H]1C[C@@H](c1cccc(C(N)=O)c1)C2. The van der Waals surface area contributed by atoms with Crippen molar-refractivity contribution in [2.24, 2.45) is 11.1 Å². The van der Waals surface area contributed by atoms with Crippen LogP contribution in [0.2, 0.25) is 0 Å². The van der Waals surface area contributed by atoms with E-state index in [9.17, 15) is 4.79 Å². The summed E-state index contributed by atoms with van der Waals surface area (Å²) in [4.78, 5) is 14.2. The van der Waals surface area contributed by atoms with E-state index < -0.39 is 0 Å². The monoisotopic (exact) mass is 371 g/mol. The van der Waals surface area contributed by atoms with Crippen molar-refractivity contribution in [3.63, 3.8) is 0 Å². The van der Waals surface area contributed by atoms with Gasteiger partial charge in [-0.25, -0.2) is 0 Å². The Labute approximate surface area is 164 Å². The second kappa shape index (κ2) is 8.74. The van der Waals surface area contributed by atoms with Crippen molar-refractivity contribution in [2.75, 3.05) is 19.6 Å². The van der Waals surface area contributed by atoms with Crippen LogP contribution in [0.3, 0.4) is 0 Å². The molecule has 0 aliphatic carbocycles. The fraction of sp³-hybridized carbons (Fsp3) is 0.696. The number of nitrogens with two attached hydrogens (primary N) is 1. The second-order valence-corrected chi connectivity index (χ2v) is 9.37. The van der Waals surface area contributed by atoms with E-state index in [2.05, 4.69) is 37.1 Å². The molecule has 150 valence electrons.